The normalized spacial score (nSPS) is 18.2. The molecule has 0 aliphatic carbocycles. The van der Waals surface area contributed by atoms with Crippen molar-refractivity contribution < 1.29 is 14.6 Å². The van der Waals surface area contributed by atoms with E-state index in [4.69, 9.17) is 4.74 Å². The SMILES string of the molecule is CC(C)(O)[C@H]1CCCN(C(=O)c2cc(COc3ccccc3)[nH]n2)C1. The minimum Gasteiger partial charge on any atom is -0.487 e. The lowest BCUT2D eigenvalue weighted by Crippen LogP contribution is -2.47. The van der Waals surface area contributed by atoms with E-state index in [2.05, 4.69) is 10.2 Å². The molecule has 0 saturated carbocycles. The molecule has 1 fully saturated rings. The van der Waals surface area contributed by atoms with Crippen LogP contribution in [0, 0.1) is 5.92 Å². The van der Waals surface area contributed by atoms with E-state index in [1.54, 1.807) is 24.8 Å². The number of rotatable bonds is 5. The number of carbonyl (C=O) groups is 1. The Hall–Kier alpha value is -2.34. The molecule has 25 heavy (non-hydrogen) atoms. The summed E-state index contributed by atoms with van der Waals surface area (Å²) in [5.74, 6) is 0.759. The van der Waals surface area contributed by atoms with Crippen LogP contribution in [0.5, 0.6) is 5.75 Å². The van der Waals surface area contributed by atoms with Gasteiger partial charge >= 0.3 is 0 Å². The molecule has 2 aromatic rings. The molecule has 3 rings (SSSR count). The van der Waals surface area contributed by atoms with Gasteiger partial charge in [-0.2, -0.15) is 5.10 Å². The monoisotopic (exact) mass is 343 g/mol. The number of nitrogens with one attached hydrogen (secondary N) is 1. The Bertz CT molecular complexity index is 706. The number of benzene rings is 1. The number of aromatic amines is 1. The van der Waals surface area contributed by atoms with Gasteiger partial charge in [0.1, 0.15) is 12.4 Å². The second-order valence-corrected chi connectivity index (χ2v) is 7.12. The summed E-state index contributed by atoms with van der Waals surface area (Å²) in [6, 6.07) is 11.2. The standard InChI is InChI=1S/C19H25N3O3/c1-19(2,24)14-7-6-10-22(12-14)18(23)17-11-15(20-21-17)13-25-16-8-4-3-5-9-16/h3-5,8-9,11,14,24H,6-7,10,12-13H2,1-2H3,(H,20,21)/t14-/m0/s1. The Morgan fingerprint density at radius 3 is 2.88 bits per heavy atom. The molecular formula is C19H25N3O3. The maximum Gasteiger partial charge on any atom is 0.274 e. The summed E-state index contributed by atoms with van der Waals surface area (Å²) in [6.07, 6.45) is 1.83. The minimum atomic E-state index is -0.779. The number of aliphatic hydroxyl groups is 1. The zero-order chi connectivity index (χ0) is 17.9. The van der Waals surface area contributed by atoms with Crippen LogP contribution in [0.4, 0.5) is 0 Å². The van der Waals surface area contributed by atoms with Crippen LogP contribution in [0.25, 0.3) is 0 Å². The highest BCUT2D eigenvalue weighted by atomic mass is 16.5. The van der Waals surface area contributed by atoms with Gasteiger partial charge in [-0.05, 0) is 44.9 Å². The van der Waals surface area contributed by atoms with Crippen molar-refractivity contribution in [2.45, 2.75) is 38.9 Å². The lowest BCUT2D eigenvalue weighted by molar-refractivity contribution is -0.0147. The van der Waals surface area contributed by atoms with Gasteiger partial charge in [-0.15, -0.1) is 0 Å². The quantitative estimate of drug-likeness (QED) is 0.875. The number of para-hydroxylation sites is 1. The van der Waals surface area contributed by atoms with Crippen LogP contribution in [-0.2, 0) is 6.61 Å². The number of hydrogen-bond acceptors (Lipinski definition) is 4. The predicted molar refractivity (Wildman–Crippen MR) is 94.3 cm³/mol. The molecule has 0 bridgehead atoms. The molecule has 134 valence electrons. The molecule has 2 N–H and O–H groups in total. The predicted octanol–water partition coefficient (Wildman–Crippen LogP) is 2.61. The summed E-state index contributed by atoms with van der Waals surface area (Å²) in [4.78, 5) is 14.5. The Morgan fingerprint density at radius 1 is 1.40 bits per heavy atom. The second-order valence-electron chi connectivity index (χ2n) is 7.12. The largest absolute Gasteiger partial charge is 0.487 e. The Morgan fingerprint density at radius 2 is 2.16 bits per heavy atom. The van der Waals surface area contributed by atoms with Gasteiger partial charge in [0.25, 0.3) is 5.91 Å². The Balaban J connectivity index is 1.60. The summed E-state index contributed by atoms with van der Waals surface area (Å²) in [5, 5.41) is 17.2. The van der Waals surface area contributed by atoms with Crippen LogP contribution >= 0.6 is 0 Å². The zero-order valence-corrected chi connectivity index (χ0v) is 14.7. The van der Waals surface area contributed by atoms with E-state index < -0.39 is 5.60 Å². The zero-order valence-electron chi connectivity index (χ0n) is 14.7. The highest BCUT2D eigenvalue weighted by Gasteiger charge is 2.33. The maximum absolute atomic E-state index is 12.7. The fourth-order valence-electron chi connectivity index (χ4n) is 3.12. The first kappa shape index (κ1) is 17.5. The molecule has 1 amide bonds. The van der Waals surface area contributed by atoms with Crippen LogP contribution in [0.3, 0.4) is 0 Å². The average Bonchev–Trinajstić information content (AvgIpc) is 3.08. The molecule has 2 heterocycles. The molecular weight excluding hydrogens is 318 g/mol. The van der Waals surface area contributed by atoms with E-state index in [1.807, 2.05) is 30.3 Å². The van der Waals surface area contributed by atoms with Gasteiger partial charge in [0.15, 0.2) is 5.69 Å². The van der Waals surface area contributed by atoms with Crippen molar-refractivity contribution in [3.8, 4) is 5.75 Å². The molecule has 1 aromatic heterocycles. The van der Waals surface area contributed by atoms with Crippen LogP contribution < -0.4 is 4.74 Å². The van der Waals surface area contributed by atoms with E-state index in [0.717, 1.165) is 24.3 Å². The van der Waals surface area contributed by atoms with Crippen molar-refractivity contribution in [1.29, 1.82) is 0 Å². The van der Waals surface area contributed by atoms with Crippen LogP contribution in [0.2, 0.25) is 0 Å². The number of nitrogens with zero attached hydrogens (tertiary/aromatic N) is 2. The van der Waals surface area contributed by atoms with Crippen molar-refractivity contribution in [2.75, 3.05) is 13.1 Å². The highest BCUT2D eigenvalue weighted by Crippen LogP contribution is 2.27. The molecule has 1 saturated heterocycles. The minimum absolute atomic E-state index is 0.0880. The topological polar surface area (TPSA) is 78.5 Å². The van der Waals surface area contributed by atoms with Gasteiger partial charge in [-0.25, -0.2) is 0 Å². The molecule has 0 unspecified atom stereocenters. The molecule has 1 aromatic carbocycles. The van der Waals surface area contributed by atoms with E-state index in [0.29, 0.717) is 25.4 Å². The molecule has 6 heteroatoms. The van der Waals surface area contributed by atoms with Crippen molar-refractivity contribution in [3.05, 3.63) is 47.8 Å². The smallest absolute Gasteiger partial charge is 0.274 e. The lowest BCUT2D eigenvalue weighted by Gasteiger charge is -2.38. The van der Waals surface area contributed by atoms with Crippen LogP contribution in [-0.4, -0.2) is 44.8 Å². The Kier molecular flexibility index (Phi) is 5.08. The number of piperidine rings is 1. The van der Waals surface area contributed by atoms with Gasteiger partial charge in [-0.3, -0.25) is 9.89 Å². The average molecular weight is 343 g/mol. The van der Waals surface area contributed by atoms with Crippen molar-refractivity contribution in [3.63, 3.8) is 0 Å². The fourth-order valence-corrected chi connectivity index (χ4v) is 3.12. The number of amides is 1. The van der Waals surface area contributed by atoms with Crippen LogP contribution in [0.15, 0.2) is 36.4 Å². The first-order valence-corrected chi connectivity index (χ1v) is 8.67. The lowest BCUT2D eigenvalue weighted by atomic mass is 9.84. The summed E-state index contributed by atoms with van der Waals surface area (Å²) < 4.78 is 5.66. The number of carbonyl (C=O) groups excluding carboxylic acids is 1. The number of likely N-dealkylation sites (tertiary alicyclic amines) is 1. The summed E-state index contributed by atoms with van der Waals surface area (Å²) >= 11 is 0. The third-order valence-electron chi connectivity index (χ3n) is 4.70. The van der Waals surface area contributed by atoms with Crippen molar-refractivity contribution in [1.82, 2.24) is 15.1 Å². The number of aromatic nitrogens is 2. The van der Waals surface area contributed by atoms with Crippen molar-refractivity contribution >= 4 is 5.91 Å². The van der Waals surface area contributed by atoms with Gasteiger partial charge in [0, 0.05) is 19.0 Å². The van der Waals surface area contributed by atoms with Gasteiger partial charge in [0.05, 0.1) is 11.3 Å². The summed E-state index contributed by atoms with van der Waals surface area (Å²) in [5.41, 5.74) is 0.366. The van der Waals surface area contributed by atoms with Crippen molar-refractivity contribution in [2.24, 2.45) is 5.92 Å². The number of H-pyrrole nitrogens is 1. The third kappa shape index (κ3) is 4.39. The molecule has 0 spiro atoms. The summed E-state index contributed by atoms with van der Waals surface area (Å²) in [6.45, 7) is 5.20. The van der Waals surface area contributed by atoms with E-state index in [1.165, 1.54) is 0 Å². The maximum atomic E-state index is 12.7. The Labute approximate surface area is 147 Å². The van der Waals surface area contributed by atoms with E-state index in [9.17, 15) is 9.90 Å². The number of hydrogen-bond donors (Lipinski definition) is 2. The highest BCUT2D eigenvalue weighted by molar-refractivity contribution is 5.92. The number of ether oxygens (including phenoxy) is 1. The van der Waals surface area contributed by atoms with Gasteiger partial charge in [-0.1, -0.05) is 18.2 Å². The van der Waals surface area contributed by atoms with E-state index in [-0.39, 0.29) is 11.8 Å². The fraction of sp³-hybridized carbons (Fsp3) is 0.474. The van der Waals surface area contributed by atoms with Gasteiger partial charge < -0.3 is 14.7 Å². The molecule has 1 aliphatic heterocycles. The third-order valence-corrected chi connectivity index (χ3v) is 4.70. The molecule has 6 nitrogen and oxygen atoms in total. The first-order valence-electron chi connectivity index (χ1n) is 8.67. The molecule has 1 atom stereocenters. The molecule has 1 aliphatic rings. The summed E-state index contributed by atoms with van der Waals surface area (Å²) in [7, 11) is 0. The second kappa shape index (κ2) is 7.27. The molecule has 0 radical (unpaired) electrons. The first-order chi connectivity index (χ1) is 11.9. The van der Waals surface area contributed by atoms with Crippen LogP contribution in [0.1, 0.15) is 42.9 Å². The van der Waals surface area contributed by atoms with Gasteiger partial charge in [0.2, 0.25) is 0 Å². The van der Waals surface area contributed by atoms with E-state index >= 15 is 0 Å².